The Balaban J connectivity index is 2.47. The first-order valence-corrected chi connectivity index (χ1v) is 6.31. The lowest BCUT2D eigenvalue weighted by atomic mass is 9.93. The fourth-order valence-electron chi connectivity index (χ4n) is 2.22. The molecule has 0 aliphatic rings. The molecule has 94 valence electrons. The van der Waals surface area contributed by atoms with Gasteiger partial charge in [-0.3, -0.25) is 4.98 Å². The van der Waals surface area contributed by atoms with Gasteiger partial charge in [-0.1, -0.05) is 30.7 Å². The van der Waals surface area contributed by atoms with E-state index in [1.165, 1.54) is 5.56 Å². The molecular formula is C16H19NO. The summed E-state index contributed by atoms with van der Waals surface area (Å²) in [5.41, 5.74) is 5.33. The summed E-state index contributed by atoms with van der Waals surface area (Å²) in [6, 6.07) is 8.09. The van der Waals surface area contributed by atoms with Crippen molar-refractivity contribution in [2.75, 3.05) is 0 Å². The standard InChI is InChI=1S/C16H19NO/c1-4-13-10-17-8-7-14(13)16(18)15-9-11(2)5-6-12(15)3/h5-10,16,18H,4H2,1-3H3. The normalized spacial score (nSPS) is 12.4. The van der Waals surface area contributed by atoms with Crippen molar-refractivity contribution in [1.82, 2.24) is 4.98 Å². The minimum atomic E-state index is -0.567. The van der Waals surface area contributed by atoms with Gasteiger partial charge in [0.05, 0.1) is 0 Å². The maximum Gasteiger partial charge on any atom is 0.105 e. The number of aryl methyl sites for hydroxylation is 3. The quantitative estimate of drug-likeness (QED) is 0.894. The largest absolute Gasteiger partial charge is 0.384 e. The fourth-order valence-corrected chi connectivity index (χ4v) is 2.22. The number of aromatic nitrogens is 1. The van der Waals surface area contributed by atoms with E-state index in [9.17, 15) is 5.11 Å². The van der Waals surface area contributed by atoms with Crippen molar-refractivity contribution < 1.29 is 5.11 Å². The van der Waals surface area contributed by atoms with Crippen molar-refractivity contribution in [3.63, 3.8) is 0 Å². The Kier molecular flexibility index (Phi) is 3.78. The molecule has 1 atom stereocenters. The first-order chi connectivity index (χ1) is 8.63. The molecule has 0 amide bonds. The molecule has 0 aliphatic carbocycles. The third-order valence-electron chi connectivity index (χ3n) is 3.35. The SMILES string of the molecule is CCc1cnccc1C(O)c1cc(C)ccc1C. The molecular weight excluding hydrogens is 222 g/mol. The lowest BCUT2D eigenvalue weighted by Crippen LogP contribution is -2.06. The molecule has 0 radical (unpaired) electrons. The Morgan fingerprint density at radius 3 is 2.67 bits per heavy atom. The van der Waals surface area contributed by atoms with Crippen molar-refractivity contribution in [2.24, 2.45) is 0 Å². The molecule has 0 saturated carbocycles. The molecule has 2 aromatic rings. The van der Waals surface area contributed by atoms with E-state index in [2.05, 4.69) is 30.1 Å². The Bertz CT molecular complexity index is 549. The predicted octanol–water partition coefficient (Wildman–Crippen LogP) is 3.34. The maximum atomic E-state index is 10.6. The molecule has 0 saturated heterocycles. The summed E-state index contributed by atoms with van der Waals surface area (Å²) in [4.78, 5) is 4.12. The molecule has 0 bridgehead atoms. The Hall–Kier alpha value is -1.67. The highest BCUT2D eigenvalue weighted by molar-refractivity contribution is 5.39. The number of benzene rings is 1. The summed E-state index contributed by atoms with van der Waals surface area (Å²) < 4.78 is 0. The number of rotatable bonds is 3. The Morgan fingerprint density at radius 1 is 1.17 bits per heavy atom. The number of aliphatic hydroxyl groups is 1. The second-order valence-electron chi connectivity index (χ2n) is 4.69. The van der Waals surface area contributed by atoms with Crippen LogP contribution in [-0.2, 0) is 6.42 Å². The third kappa shape index (κ3) is 2.44. The molecule has 1 N–H and O–H groups in total. The zero-order chi connectivity index (χ0) is 13.1. The molecule has 18 heavy (non-hydrogen) atoms. The van der Waals surface area contributed by atoms with Gasteiger partial charge in [-0.2, -0.15) is 0 Å². The van der Waals surface area contributed by atoms with Crippen LogP contribution in [0.2, 0.25) is 0 Å². The van der Waals surface area contributed by atoms with Crippen molar-refractivity contribution in [3.8, 4) is 0 Å². The molecule has 2 nitrogen and oxygen atoms in total. The highest BCUT2D eigenvalue weighted by Gasteiger charge is 2.15. The zero-order valence-electron chi connectivity index (χ0n) is 11.1. The molecule has 2 heteroatoms. The molecule has 1 heterocycles. The van der Waals surface area contributed by atoms with Gasteiger partial charge in [0, 0.05) is 12.4 Å². The molecule has 1 unspecified atom stereocenters. The van der Waals surface area contributed by atoms with E-state index in [-0.39, 0.29) is 0 Å². The number of aliphatic hydroxyl groups excluding tert-OH is 1. The second kappa shape index (κ2) is 5.32. The van der Waals surface area contributed by atoms with Gasteiger partial charge in [-0.25, -0.2) is 0 Å². The van der Waals surface area contributed by atoms with Crippen LogP contribution < -0.4 is 0 Å². The van der Waals surface area contributed by atoms with Crippen LogP contribution in [0.4, 0.5) is 0 Å². The van der Waals surface area contributed by atoms with E-state index in [1.807, 2.05) is 26.1 Å². The third-order valence-corrected chi connectivity index (χ3v) is 3.35. The van der Waals surface area contributed by atoms with E-state index in [0.717, 1.165) is 28.7 Å². The van der Waals surface area contributed by atoms with Crippen molar-refractivity contribution in [1.29, 1.82) is 0 Å². The van der Waals surface area contributed by atoms with Crippen LogP contribution in [0.5, 0.6) is 0 Å². The number of hydrogen-bond donors (Lipinski definition) is 1. The predicted molar refractivity (Wildman–Crippen MR) is 73.6 cm³/mol. The van der Waals surface area contributed by atoms with Crippen LogP contribution in [0.3, 0.4) is 0 Å². The molecule has 1 aromatic carbocycles. The van der Waals surface area contributed by atoms with Crippen molar-refractivity contribution >= 4 is 0 Å². The molecule has 0 aliphatic heterocycles. The van der Waals surface area contributed by atoms with Crippen LogP contribution in [-0.4, -0.2) is 10.1 Å². The average molecular weight is 241 g/mol. The first kappa shape index (κ1) is 12.8. The molecule has 2 rings (SSSR count). The summed E-state index contributed by atoms with van der Waals surface area (Å²) >= 11 is 0. The van der Waals surface area contributed by atoms with Crippen LogP contribution in [0.15, 0.2) is 36.7 Å². The van der Waals surface area contributed by atoms with Gasteiger partial charge in [0.2, 0.25) is 0 Å². The lowest BCUT2D eigenvalue weighted by Gasteiger charge is -2.17. The van der Waals surface area contributed by atoms with Gasteiger partial charge in [0.15, 0.2) is 0 Å². The minimum absolute atomic E-state index is 0.567. The average Bonchev–Trinajstić information content (AvgIpc) is 2.40. The van der Waals surface area contributed by atoms with Gasteiger partial charge in [0.1, 0.15) is 6.10 Å². The monoisotopic (exact) mass is 241 g/mol. The van der Waals surface area contributed by atoms with E-state index in [1.54, 1.807) is 6.20 Å². The summed E-state index contributed by atoms with van der Waals surface area (Å²) in [7, 11) is 0. The number of nitrogens with zero attached hydrogens (tertiary/aromatic N) is 1. The lowest BCUT2D eigenvalue weighted by molar-refractivity contribution is 0.218. The van der Waals surface area contributed by atoms with Gasteiger partial charge >= 0.3 is 0 Å². The summed E-state index contributed by atoms with van der Waals surface area (Å²) in [6.45, 7) is 6.16. The van der Waals surface area contributed by atoms with Crippen LogP contribution in [0, 0.1) is 13.8 Å². The van der Waals surface area contributed by atoms with Crippen LogP contribution in [0.25, 0.3) is 0 Å². The maximum absolute atomic E-state index is 10.6. The smallest absolute Gasteiger partial charge is 0.105 e. The second-order valence-corrected chi connectivity index (χ2v) is 4.69. The van der Waals surface area contributed by atoms with E-state index in [4.69, 9.17) is 0 Å². The van der Waals surface area contributed by atoms with Crippen molar-refractivity contribution in [3.05, 3.63) is 64.5 Å². The van der Waals surface area contributed by atoms with Crippen molar-refractivity contribution in [2.45, 2.75) is 33.3 Å². The molecule has 0 spiro atoms. The van der Waals surface area contributed by atoms with E-state index in [0.29, 0.717) is 0 Å². The minimum Gasteiger partial charge on any atom is -0.384 e. The fraction of sp³-hybridized carbons (Fsp3) is 0.312. The van der Waals surface area contributed by atoms with E-state index >= 15 is 0 Å². The topological polar surface area (TPSA) is 33.1 Å². The summed E-state index contributed by atoms with van der Waals surface area (Å²) in [6.07, 6.45) is 3.89. The highest BCUT2D eigenvalue weighted by atomic mass is 16.3. The van der Waals surface area contributed by atoms with E-state index < -0.39 is 6.10 Å². The summed E-state index contributed by atoms with van der Waals surface area (Å²) in [5.74, 6) is 0. The van der Waals surface area contributed by atoms with Gasteiger partial charge in [0.25, 0.3) is 0 Å². The molecule has 1 aromatic heterocycles. The van der Waals surface area contributed by atoms with Crippen LogP contribution >= 0.6 is 0 Å². The van der Waals surface area contributed by atoms with Crippen LogP contribution in [0.1, 0.15) is 40.8 Å². The Labute approximate surface area is 108 Å². The number of hydrogen-bond acceptors (Lipinski definition) is 2. The first-order valence-electron chi connectivity index (χ1n) is 6.31. The highest BCUT2D eigenvalue weighted by Crippen LogP contribution is 2.27. The summed E-state index contributed by atoms with van der Waals surface area (Å²) in [5, 5.41) is 10.6. The van der Waals surface area contributed by atoms with Gasteiger partial charge in [-0.05, 0) is 48.6 Å². The van der Waals surface area contributed by atoms with Gasteiger partial charge < -0.3 is 5.11 Å². The number of pyridine rings is 1. The zero-order valence-corrected chi connectivity index (χ0v) is 11.1. The Morgan fingerprint density at radius 2 is 1.94 bits per heavy atom. The van der Waals surface area contributed by atoms with Gasteiger partial charge in [-0.15, -0.1) is 0 Å². The molecule has 0 fully saturated rings.